The van der Waals surface area contributed by atoms with Gasteiger partial charge in [0.2, 0.25) is 0 Å². The van der Waals surface area contributed by atoms with Gasteiger partial charge in [0.1, 0.15) is 0 Å². The van der Waals surface area contributed by atoms with Crippen molar-refractivity contribution in [1.82, 2.24) is 14.7 Å². The third-order valence-corrected chi connectivity index (χ3v) is 7.84. The topological polar surface area (TPSA) is 39.3 Å². The molecule has 3 fully saturated rings. The molecule has 3 heterocycles. The monoisotopic (exact) mass is 502 g/mol. The zero-order chi connectivity index (χ0) is 24.5. The van der Waals surface area contributed by atoms with Gasteiger partial charge in [-0.25, -0.2) is 4.79 Å². The third kappa shape index (κ3) is 5.91. The SMILES string of the molecule is CC(OC(=O)N1CCN(Cc2ccc(Cl)cc2N2CCC3(CCN(C)C3)CC2)CC1)C(F)(F)F. The quantitative estimate of drug-likeness (QED) is 0.607. The molecule has 1 unspecified atom stereocenters. The van der Waals surface area contributed by atoms with E-state index in [1.165, 1.54) is 42.8 Å². The Hall–Kier alpha value is -1.71. The predicted octanol–water partition coefficient (Wildman–Crippen LogP) is 4.47. The summed E-state index contributed by atoms with van der Waals surface area (Å²) in [5.41, 5.74) is 2.79. The van der Waals surface area contributed by atoms with E-state index in [0.717, 1.165) is 25.7 Å². The molecule has 0 bridgehead atoms. The summed E-state index contributed by atoms with van der Waals surface area (Å²) in [4.78, 5) is 20.6. The minimum absolute atomic E-state index is 0.339. The highest BCUT2D eigenvalue weighted by molar-refractivity contribution is 6.30. The number of nitrogens with zero attached hydrogens (tertiary/aromatic N) is 4. The highest BCUT2D eigenvalue weighted by Gasteiger charge is 2.41. The molecule has 34 heavy (non-hydrogen) atoms. The number of carbonyl (C=O) groups excluding carboxylic acids is 1. The van der Waals surface area contributed by atoms with E-state index in [4.69, 9.17) is 11.6 Å². The van der Waals surface area contributed by atoms with E-state index in [9.17, 15) is 18.0 Å². The summed E-state index contributed by atoms with van der Waals surface area (Å²) in [7, 11) is 2.20. The zero-order valence-electron chi connectivity index (χ0n) is 19.9. The average molecular weight is 503 g/mol. The second-order valence-electron chi connectivity index (χ2n) is 10.1. The summed E-state index contributed by atoms with van der Waals surface area (Å²) in [5.74, 6) is 0. The first kappa shape index (κ1) is 25.4. The van der Waals surface area contributed by atoms with Crippen LogP contribution in [0.1, 0.15) is 31.7 Å². The molecule has 190 valence electrons. The average Bonchev–Trinajstić information content (AvgIpc) is 3.15. The summed E-state index contributed by atoms with van der Waals surface area (Å²) < 4.78 is 42.6. The summed E-state index contributed by atoms with van der Waals surface area (Å²) in [5, 5.41) is 0.714. The van der Waals surface area contributed by atoms with Crippen LogP contribution in [0.25, 0.3) is 0 Å². The Bertz CT molecular complexity index is 868. The maximum absolute atomic E-state index is 12.7. The predicted molar refractivity (Wildman–Crippen MR) is 126 cm³/mol. The van der Waals surface area contributed by atoms with Crippen molar-refractivity contribution < 1.29 is 22.7 Å². The van der Waals surface area contributed by atoms with Crippen molar-refractivity contribution in [2.75, 3.05) is 64.3 Å². The molecule has 1 spiro atoms. The first-order valence-corrected chi connectivity index (χ1v) is 12.4. The molecule has 3 saturated heterocycles. The number of halogens is 4. The van der Waals surface area contributed by atoms with Crippen LogP contribution in [-0.2, 0) is 11.3 Å². The van der Waals surface area contributed by atoms with Crippen LogP contribution in [-0.4, -0.2) is 92.5 Å². The lowest BCUT2D eigenvalue weighted by atomic mass is 9.77. The number of alkyl halides is 3. The molecule has 0 N–H and O–H groups in total. The summed E-state index contributed by atoms with van der Waals surface area (Å²) in [6.45, 7) is 7.77. The van der Waals surface area contributed by atoms with Gasteiger partial charge in [-0.3, -0.25) is 4.90 Å². The van der Waals surface area contributed by atoms with Crippen LogP contribution in [0, 0.1) is 5.41 Å². The van der Waals surface area contributed by atoms with Crippen molar-refractivity contribution in [3.63, 3.8) is 0 Å². The van der Waals surface area contributed by atoms with E-state index in [0.29, 0.717) is 43.2 Å². The zero-order valence-corrected chi connectivity index (χ0v) is 20.7. The summed E-state index contributed by atoms with van der Waals surface area (Å²) in [6, 6.07) is 6.02. The Morgan fingerprint density at radius 2 is 1.74 bits per heavy atom. The third-order valence-electron chi connectivity index (χ3n) is 7.60. The molecule has 10 heteroatoms. The largest absolute Gasteiger partial charge is 0.437 e. The second kappa shape index (κ2) is 10.1. The van der Waals surface area contributed by atoms with E-state index in [-0.39, 0.29) is 0 Å². The fourth-order valence-corrected chi connectivity index (χ4v) is 5.54. The van der Waals surface area contributed by atoms with E-state index in [1.807, 2.05) is 12.1 Å². The smallest absolute Gasteiger partial charge is 0.425 e. The summed E-state index contributed by atoms with van der Waals surface area (Å²) >= 11 is 6.36. The van der Waals surface area contributed by atoms with Gasteiger partial charge in [0.15, 0.2) is 6.10 Å². The van der Waals surface area contributed by atoms with E-state index >= 15 is 0 Å². The van der Waals surface area contributed by atoms with Gasteiger partial charge in [0, 0.05) is 63.1 Å². The lowest BCUT2D eigenvalue weighted by molar-refractivity contribution is -0.200. The minimum Gasteiger partial charge on any atom is -0.437 e. The van der Waals surface area contributed by atoms with Crippen LogP contribution in [0.3, 0.4) is 0 Å². The molecule has 0 saturated carbocycles. The van der Waals surface area contributed by atoms with Crippen molar-refractivity contribution in [3.8, 4) is 0 Å². The van der Waals surface area contributed by atoms with E-state index in [2.05, 4.69) is 32.6 Å². The number of anilines is 1. The molecule has 0 radical (unpaired) electrons. The molecule has 0 aliphatic carbocycles. The number of likely N-dealkylation sites (tertiary alicyclic amines) is 1. The Kier molecular flexibility index (Phi) is 7.55. The second-order valence-corrected chi connectivity index (χ2v) is 10.5. The Morgan fingerprint density at radius 3 is 2.32 bits per heavy atom. The Morgan fingerprint density at radius 1 is 1.09 bits per heavy atom. The Balaban J connectivity index is 1.33. The van der Waals surface area contributed by atoms with Crippen LogP contribution in [0.4, 0.5) is 23.7 Å². The number of hydrogen-bond acceptors (Lipinski definition) is 5. The molecule has 1 aromatic rings. The normalized spacial score (nSPS) is 22.9. The molecular weight excluding hydrogens is 469 g/mol. The van der Waals surface area contributed by atoms with Crippen molar-refractivity contribution in [2.24, 2.45) is 5.41 Å². The number of ether oxygens (including phenoxy) is 1. The van der Waals surface area contributed by atoms with Crippen LogP contribution in [0.15, 0.2) is 18.2 Å². The van der Waals surface area contributed by atoms with Crippen molar-refractivity contribution in [2.45, 2.75) is 45.0 Å². The molecule has 1 atom stereocenters. The molecule has 1 amide bonds. The first-order valence-electron chi connectivity index (χ1n) is 12.0. The maximum atomic E-state index is 12.7. The van der Waals surface area contributed by atoms with Crippen LogP contribution < -0.4 is 4.90 Å². The molecule has 1 aromatic carbocycles. The molecule has 6 nitrogen and oxygen atoms in total. The van der Waals surface area contributed by atoms with Crippen molar-refractivity contribution >= 4 is 23.4 Å². The van der Waals surface area contributed by atoms with E-state index in [1.54, 1.807) is 0 Å². The molecule has 3 aliphatic rings. The van der Waals surface area contributed by atoms with Crippen molar-refractivity contribution in [3.05, 3.63) is 28.8 Å². The maximum Gasteiger partial charge on any atom is 0.425 e. The van der Waals surface area contributed by atoms with Gasteiger partial charge < -0.3 is 19.4 Å². The number of carbonyl (C=O) groups is 1. The number of benzene rings is 1. The van der Waals surface area contributed by atoms with Gasteiger partial charge in [-0.05, 0) is 62.9 Å². The number of amides is 1. The standard InChI is InChI=1S/C24H34ClF3N4O2/c1-18(24(26,27)28)34-22(33)32-13-11-30(12-14-32)16-19-3-4-20(25)15-21(19)31-9-6-23(7-10-31)5-8-29(2)17-23/h3-4,15,18H,5-14,16-17H2,1-2H3. The van der Waals surface area contributed by atoms with Gasteiger partial charge in [-0.15, -0.1) is 0 Å². The van der Waals surface area contributed by atoms with Gasteiger partial charge in [0.05, 0.1) is 0 Å². The molecule has 4 rings (SSSR count). The fourth-order valence-electron chi connectivity index (χ4n) is 5.38. The number of piperazine rings is 1. The lowest BCUT2D eigenvalue weighted by Gasteiger charge is -2.41. The fraction of sp³-hybridized carbons (Fsp3) is 0.708. The van der Waals surface area contributed by atoms with Gasteiger partial charge in [-0.1, -0.05) is 17.7 Å². The molecule has 0 aromatic heterocycles. The first-order chi connectivity index (χ1) is 16.0. The van der Waals surface area contributed by atoms with Crippen LogP contribution >= 0.6 is 11.6 Å². The van der Waals surface area contributed by atoms with Gasteiger partial charge in [-0.2, -0.15) is 13.2 Å². The number of hydrogen-bond donors (Lipinski definition) is 0. The minimum atomic E-state index is -4.55. The highest BCUT2D eigenvalue weighted by atomic mass is 35.5. The Labute approximate surface area is 204 Å². The molecular formula is C24H34ClF3N4O2. The van der Waals surface area contributed by atoms with Gasteiger partial charge >= 0.3 is 12.3 Å². The molecule has 3 aliphatic heterocycles. The van der Waals surface area contributed by atoms with Crippen LogP contribution in [0.2, 0.25) is 5.02 Å². The van der Waals surface area contributed by atoms with Gasteiger partial charge in [0.25, 0.3) is 0 Å². The number of piperidine rings is 1. The van der Waals surface area contributed by atoms with E-state index < -0.39 is 18.4 Å². The van der Waals surface area contributed by atoms with Crippen LogP contribution in [0.5, 0.6) is 0 Å². The van der Waals surface area contributed by atoms with Crippen molar-refractivity contribution in [1.29, 1.82) is 0 Å². The summed E-state index contributed by atoms with van der Waals surface area (Å²) in [6.07, 6.45) is -3.93. The number of rotatable bonds is 4. The lowest BCUT2D eigenvalue weighted by Crippen LogP contribution is -2.49. The highest BCUT2D eigenvalue weighted by Crippen LogP contribution is 2.41.